The number of hydrogen-bond acceptors (Lipinski definition) is 5. The molecule has 3 N–H and O–H groups in total. The molecule has 0 fully saturated rings. The number of rotatable bonds is 10. The Bertz CT molecular complexity index is 951. The number of benzene rings is 1. The zero-order chi connectivity index (χ0) is 19.9. The van der Waals surface area contributed by atoms with Crippen molar-refractivity contribution in [3.05, 3.63) is 29.8 Å². The predicted molar refractivity (Wildman–Crippen MR) is 112 cm³/mol. The first kappa shape index (κ1) is 20.1. The number of anilines is 1. The van der Waals surface area contributed by atoms with Crippen molar-refractivity contribution in [2.75, 3.05) is 25.5 Å². The van der Waals surface area contributed by atoms with Crippen LogP contribution in [0.15, 0.2) is 24.3 Å². The average molecular weight is 383 g/mol. The number of nitrogens with zero attached hydrogens (tertiary/aromatic N) is 3. The van der Waals surface area contributed by atoms with E-state index < -0.39 is 0 Å². The topological polar surface area (TPSA) is 95.1 Å². The Morgan fingerprint density at radius 2 is 1.89 bits per heavy atom. The molecule has 1 aromatic carbocycles. The maximum atomic E-state index is 12.9. The standard InChI is InChI=1S/C21H29N5O2/c1-3-5-8-13-26-19(22)17(21(27)23-12-9-14-28-4-2)18-20(26)25-16-11-7-6-10-15(16)24-18/h6-7,10-11H,3-5,8-9,12-14,22H2,1-2H3,(H,23,27). The molecule has 3 aromatic rings. The lowest BCUT2D eigenvalue weighted by Gasteiger charge is -2.08. The van der Waals surface area contributed by atoms with Crippen molar-refractivity contribution in [2.24, 2.45) is 0 Å². The Morgan fingerprint density at radius 3 is 2.61 bits per heavy atom. The monoisotopic (exact) mass is 383 g/mol. The van der Waals surface area contributed by atoms with Crippen molar-refractivity contribution in [2.45, 2.75) is 46.1 Å². The van der Waals surface area contributed by atoms with Gasteiger partial charge in [0.1, 0.15) is 16.9 Å². The minimum absolute atomic E-state index is 0.210. The summed E-state index contributed by atoms with van der Waals surface area (Å²) in [6.45, 7) is 6.66. The second kappa shape index (κ2) is 9.50. The summed E-state index contributed by atoms with van der Waals surface area (Å²) in [6, 6.07) is 7.67. The number of carbonyl (C=O) groups excluding carboxylic acids is 1. The third-order valence-electron chi connectivity index (χ3n) is 4.76. The van der Waals surface area contributed by atoms with Crippen molar-refractivity contribution in [3.8, 4) is 0 Å². The highest BCUT2D eigenvalue weighted by Crippen LogP contribution is 2.28. The number of para-hydroxylation sites is 2. The first-order valence-electron chi connectivity index (χ1n) is 10.1. The van der Waals surface area contributed by atoms with Gasteiger partial charge in [0.15, 0.2) is 5.65 Å². The number of nitrogen functional groups attached to an aromatic ring is 1. The Labute approximate surface area is 165 Å². The molecule has 0 aliphatic heterocycles. The summed E-state index contributed by atoms with van der Waals surface area (Å²) in [4.78, 5) is 22.4. The molecule has 7 heteroatoms. The van der Waals surface area contributed by atoms with E-state index in [1.54, 1.807) is 0 Å². The van der Waals surface area contributed by atoms with Crippen molar-refractivity contribution in [1.29, 1.82) is 0 Å². The molecule has 0 bridgehead atoms. The highest BCUT2D eigenvalue weighted by atomic mass is 16.5. The molecule has 0 saturated carbocycles. The van der Waals surface area contributed by atoms with Crippen LogP contribution in [0.2, 0.25) is 0 Å². The minimum Gasteiger partial charge on any atom is -0.384 e. The van der Waals surface area contributed by atoms with Gasteiger partial charge in [-0.3, -0.25) is 4.79 Å². The lowest BCUT2D eigenvalue weighted by molar-refractivity contribution is 0.0946. The van der Waals surface area contributed by atoms with E-state index in [1.807, 2.05) is 35.8 Å². The minimum atomic E-state index is -0.210. The van der Waals surface area contributed by atoms with Gasteiger partial charge in [-0.25, -0.2) is 9.97 Å². The summed E-state index contributed by atoms with van der Waals surface area (Å²) in [5, 5.41) is 2.94. The molecule has 2 heterocycles. The van der Waals surface area contributed by atoms with Crippen molar-refractivity contribution in [1.82, 2.24) is 19.9 Å². The Kier molecular flexibility index (Phi) is 6.81. The molecule has 28 heavy (non-hydrogen) atoms. The highest BCUT2D eigenvalue weighted by molar-refractivity contribution is 6.10. The van der Waals surface area contributed by atoms with Gasteiger partial charge in [0, 0.05) is 26.3 Å². The first-order chi connectivity index (χ1) is 13.7. The third-order valence-corrected chi connectivity index (χ3v) is 4.76. The number of carbonyl (C=O) groups is 1. The number of unbranched alkanes of at least 4 members (excludes halogenated alkanes) is 2. The lowest BCUT2D eigenvalue weighted by Crippen LogP contribution is -2.26. The van der Waals surface area contributed by atoms with E-state index >= 15 is 0 Å². The number of aryl methyl sites for hydroxylation is 1. The molecule has 150 valence electrons. The van der Waals surface area contributed by atoms with Gasteiger partial charge in [0.25, 0.3) is 5.91 Å². The SMILES string of the molecule is CCCCCn1c(N)c(C(=O)NCCCOCC)c2nc3ccccc3nc21. The van der Waals surface area contributed by atoms with Gasteiger partial charge in [-0.05, 0) is 31.9 Å². The van der Waals surface area contributed by atoms with E-state index in [0.29, 0.717) is 42.3 Å². The summed E-state index contributed by atoms with van der Waals surface area (Å²) < 4.78 is 7.25. The lowest BCUT2D eigenvalue weighted by atomic mass is 10.2. The van der Waals surface area contributed by atoms with Crippen LogP contribution in [0.4, 0.5) is 5.82 Å². The van der Waals surface area contributed by atoms with Crippen LogP contribution in [0, 0.1) is 0 Å². The summed E-state index contributed by atoms with van der Waals surface area (Å²) in [7, 11) is 0. The zero-order valence-corrected chi connectivity index (χ0v) is 16.7. The van der Waals surface area contributed by atoms with Crippen LogP contribution in [-0.4, -0.2) is 40.2 Å². The fraction of sp³-hybridized carbons (Fsp3) is 0.476. The molecule has 0 saturated heterocycles. The van der Waals surface area contributed by atoms with Gasteiger partial charge in [-0.2, -0.15) is 0 Å². The number of ether oxygens (including phenoxy) is 1. The van der Waals surface area contributed by atoms with Gasteiger partial charge in [-0.1, -0.05) is 31.9 Å². The molecule has 0 spiro atoms. The largest absolute Gasteiger partial charge is 0.384 e. The van der Waals surface area contributed by atoms with Gasteiger partial charge in [-0.15, -0.1) is 0 Å². The number of nitrogens with two attached hydrogens (primary N) is 1. The van der Waals surface area contributed by atoms with E-state index in [-0.39, 0.29) is 5.91 Å². The van der Waals surface area contributed by atoms with Gasteiger partial charge >= 0.3 is 0 Å². The maximum Gasteiger partial charge on any atom is 0.257 e. The van der Waals surface area contributed by atoms with Gasteiger partial charge in [0.05, 0.1) is 11.0 Å². The van der Waals surface area contributed by atoms with Crippen molar-refractivity contribution in [3.63, 3.8) is 0 Å². The van der Waals surface area contributed by atoms with Crippen LogP contribution in [0.1, 0.15) is 49.9 Å². The quantitative estimate of drug-likeness (QED) is 0.522. The highest BCUT2D eigenvalue weighted by Gasteiger charge is 2.23. The molecular formula is C21H29N5O2. The Balaban J connectivity index is 1.96. The Morgan fingerprint density at radius 1 is 1.14 bits per heavy atom. The van der Waals surface area contributed by atoms with Crippen LogP contribution in [0.25, 0.3) is 22.2 Å². The number of hydrogen-bond donors (Lipinski definition) is 2. The summed E-state index contributed by atoms with van der Waals surface area (Å²) >= 11 is 0. The fourth-order valence-corrected chi connectivity index (χ4v) is 3.30. The van der Waals surface area contributed by atoms with Crippen molar-refractivity contribution >= 4 is 33.9 Å². The number of amides is 1. The smallest absolute Gasteiger partial charge is 0.257 e. The van der Waals surface area contributed by atoms with Crippen LogP contribution in [0.3, 0.4) is 0 Å². The molecule has 0 unspecified atom stereocenters. The second-order valence-corrected chi connectivity index (χ2v) is 6.81. The molecule has 2 aromatic heterocycles. The normalized spacial score (nSPS) is 11.4. The predicted octanol–water partition coefficient (Wildman–Crippen LogP) is 3.51. The number of aromatic nitrogens is 3. The first-order valence-corrected chi connectivity index (χ1v) is 10.1. The van der Waals surface area contributed by atoms with Crippen LogP contribution in [0.5, 0.6) is 0 Å². The molecule has 1 amide bonds. The Hall–Kier alpha value is -2.67. The average Bonchev–Trinajstić information content (AvgIpc) is 2.97. The van der Waals surface area contributed by atoms with Crippen molar-refractivity contribution < 1.29 is 9.53 Å². The number of fused-ring (bicyclic) bond motifs is 2. The third kappa shape index (κ3) is 4.25. The maximum absolute atomic E-state index is 12.9. The summed E-state index contributed by atoms with van der Waals surface area (Å²) in [6.07, 6.45) is 3.94. The fourth-order valence-electron chi connectivity index (χ4n) is 3.30. The van der Waals surface area contributed by atoms with Crippen LogP contribution < -0.4 is 11.1 Å². The molecule has 3 rings (SSSR count). The molecular weight excluding hydrogens is 354 g/mol. The molecule has 0 atom stereocenters. The van der Waals surface area contributed by atoms with Gasteiger partial charge < -0.3 is 20.4 Å². The van der Waals surface area contributed by atoms with E-state index in [9.17, 15) is 4.79 Å². The summed E-state index contributed by atoms with van der Waals surface area (Å²) in [5.41, 5.74) is 9.62. The molecule has 7 nitrogen and oxygen atoms in total. The summed E-state index contributed by atoms with van der Waals surface area (Å²) in [5.74, 6) is 0.224. The van der Waals surface area contributed by atoms with E-state index in [4.69, 9.17) is 20.4 Å². The molecule has 0 radical (unpaired) electrons. The molecule has 0 aliphatic carbocycles. The van der Waals surface area contributed by atoms with E-state index in [2.05, 4.69) is 12.2 Å². The zero-order valence-electron chi connectivity index (χ0n) is 16.7. The number of nitrogens with one attached hydrogen (secondary N) is 1. The van der Waals surface area contributed by atoms with Crippen LogP contribution >= 0.6 is 0 Å². The second-order valence-electron chi connectivity index (χ2n) is 6.81. The van der Waals surface area contributed by atoms with Crippen LogP contribution in [-0.2, 0) is 11.3 Å². The molecule has 0 aliphatic rings. The van der Waals surface area contributed by atoms with E-state index in [0.717, 1.165) is 43.3 Å². The van der Waals surface area contributed by atoms with E-state index in [1.165, 1.54) is 0 Å². The van der Waals surface area contributed by atoms with Gasteiger partial charge in [0.2, 0.25) is 0 Å².